The topological polar surface area (TPSA) is 71.7 Å². The van der Waals surface area contributed by atoms with Crippen LogP contribution in [0.4, 0.5) is 0 Å². The molecule has 1 aliphatic rings. The predicted molar refractivity (Wildman–Crippen MR) is 114 cm³/mol. The molecule has 30 heavy (non-hydrogen) atoms. The van der Waals surface area contributed by atoms with Gasteiger partial charge in [0.2, 0.25) is 0 Å². The summed E-state index contributed by atoms with van der Waals surface area (Å²) in [6.45, 7) is 11.2. The molecule has 1 saturated heterocycles. The van der Waals surface area contributed by atoms with Crippen LogP contribution in [0.15, 0.2) is 34.9 Å². The van der Waals surface area contributed by atoms with Crippen molar-refractivity contribution >= 4 is 16.9 Å². The van der Waals surface area contributed by atoms with E-state index >= 15 is 0 Å². The molecular formula is C23H28N4O3. The first-order valence-electron chi connectivity index (χ1n) is 10.5. The van der Waals surface area contributed by atoms with Crippen LogP contribution >= 0.6 is 0 Å². The van der Waals surface area contributed by atoms with Gasteiger partial charge >= 0.3 is 5.97 Å². The molecule has 158 valence electrons. The second-order valence-electron chi connectivity index (χ2n) is 7.78. The van der Waals surface area contributed by atoms with Gasteiger partial charge in [0.05, 0.1) is 29.1 Å². The molecule has 0 unspecified atom stereocenters. The summed E-state index contributed by atoms with van der Waals surface area (Å²) in [5.74, 6) is 0.552. The number of aromatic nitrogens is 2. The largest absolute Gasteiger partial charge is 0.462 e. The average Bonchev–Trinajstić information content (AvgIpc) is 3.14. The minimum absolute atomic E-state index is 0.289. The zero-order valence-electron chi connectivity index (χ0n) is 17.9. The molecule has 0 amide bonds. The minimum atomic E-state index is -0.289. The Morgan fingerprint density at radius 3 is 2.47 bits per heavy atom. The lowest BCUT2D eigenvalue weighted by molar-refractivity contribution is 0.0521. The number of pyridine rings is 1. The number of aryl methyl sites for hydroxylation is 2. The Labute approximate surface area is 176 Å². The van der Waals surface area contributed by atoms with Crippen LogP contribution in [0, 0.1) is 13.8 Å². The van der Waals surface area contributed by atoms with Crippen LogP contribution in [0.1, 0.15) is 40.0 Å². The molecule has 4 rings (SSSR count). The van der Waals surface area contributed by atoms with E-state index in [-0.39, 0.29) is 5.97 Å². The molecule has 1 aromatic carbocycles. The molecule has 2 aromatic heterocycles. The van der Waals surface area contributed by atoms with Gasteiger partial charge < -0.3 is 9.26 Å². The maximum atomic E-state index is 12.7. The molecule has 0 spiro atoms. The summed E-state index contributed by atoms with van der Waals surface area (Å²) in [7, 11) is 0. The molecule has 7 heteroatoms. The van der Waals surface area contributed by atoms with Gasteiger partial charge in [-0.15, -0.1) is 0 Å². The van der Waals surface area contributed by atoms with Crippen molar-refractivity contribution in [2.45, 2.75) is 33.9 Å². The van der Waals surface area contributed by atoms with Gasteiger partial charge in [-0.05, 0) is 32.4 Å². The fourth-order valence-electron chi connectivity index (χ4n) is 4.07. The number of ether oxygens (including phenoxy) is 1. The lowest BCUT2D eigenvalue weighted by Crippen LogP contribution is -2.45. The van der Waals surface area contributed by atoms with Crippen LogP contribution in [0.25, 0.3) is 10.9 Å². The fourth-order valence-corrected chi connectivity index (χ4v) is 4.07. The van der Waals surface area contributed by atoms with E-state index in [1.807, 2.05) is 51.1 Å². The van der Waals surface area contributed by atoms with Crippen molar-refractivity contribution in [2.75, 3.05) is 32.8 Å². The second kappa shape index (κ2) is 8.93. The SMILES string of the molecule is CCOC(=O)c1c(CN2CCN(Cc3cc(C)on3)CC2)nc2ccccc2c1C. The highest BCUT2D eigenvalue weighted by Gasteiger charge is 2.24. The van der Waals surface area contributed by atoms with E-state index in [0.29, 0.717) is 18.7 Å². The number of nitrogens with zero attached hydrogens (tertiary/aromatic N) is 4. The molecule has 1 aliphatic heterocycles. The Balaban J connectivity index is 1.50. The van der Waals surface area contributed by atoms with Crippen molar-refractivity contribution in [3.8, 4) is 0 Å². The third kappa shape index (κ3) is 4.37. The molecule has 0 aliphatic carbocycles. The van der Waals surface area contributed by atoms with Crippen LogP contribution < -0.4 is 0 Å². The monoisotopic (exact) mass is 408 g/mol. The van der Waals surface area contributed by atoms with Gasteiger partial charge in [-0.2, -0.15) is 0 Å². The first-order valence-corrected chi connectivity index (χ1v) is 10.5. The molecular weight excluding hydrogens is 380 g/mol. The number of esters is 1. The molecule has 1 fully saturated rings. The highest BCUT2D eigenvalue weighted by Crippen LogP contribution is 2.25. The van der Waals surface area contributed by atoms with Crippen molar-refractivity contribution in [1.82, 2.24) is 19.9 Å². The first kappa shape index (κ1) is 20.5. The Kier molecular flexibility index (Phi) is 6.11. The molecule has 0 N–H and O–H groups in total. The van der Waals surface area contributed by atoms with Crippen LogP contribution in [0.3, 0.4) is 0 Å². The Bertz CT molecular complexity index is 1040. The third-order valence-electron chi connectivity index (χ3n) is 5.61. The van der Waals surface area contributed by atoms with Crippen LogP contribution in [0.5, 0.6) is 0 Å². The van der Waals surface area contributed by atoms with E-state index < -0.39 is 0 Å². The van der Waals surface area contributed by atoms with E-state index in [0.717, 1.165) is 66.3 Å². The molecule has 0 saturated carbocycles. The van der Waals surface area contributed by atoms with E-state index in [1.165, 1.54) is 0 Å². The number of carbonyl (C=O) groups excluding carboxylic acids is 1. The smallest absolute Gasteiger partial charge is 0.340 e. The predicted octanol–water partition coefficient (Wildman–Crippen LogP) is 3.33. The van der Waals surface area contributed by atoms with Gasteiger partial charge in [-0.3, -0.25) is 14.8 Å². The van der Waals surface area contributed by atoms with E-state index in [4.69, 9.17) is 14.2 Å². The number of hydrogen-bond donors (Lipinski definition) is 0. The highest BCUT2D eigenvalue weighted by atomic mass is 16.5. The van der Waals surface area contributed by atoms with Crippen LogP contribution in [0.2, 0.25) is 0 Å². The van der Waals surface area contributed by atoms with E-state index in [1.54, 1.807) is 0 Å². The zero-order valence-corrected chi connectivity index (χ0v) is 17.9. The number of benzene rings is 1. The molecule has 0 atom stereocenters. The van der Waals surface area contributed by atoms with Gasteiger partial charge in [-0.25, -0.2) is 4.79 Å². The summed E-state index contributed by atoms with van der Waals surface area (Å²) < 4.78 is 10.5. The summed E-state index contributed by atoms with van der Waals surface area (Å²) in [6.07, 6.45) is 0. The summed E-state index contributed by atoms with van der Waals surface area (Å²) in [6, 6.07) is 9.95. The van der Waals surface area contributed by atoms with Gasteiger partial charge in [0.25, 0.3) is 0 Å². The lowest BCUT2D eigenvalue weighted by Gasteiger charge is -2.34. The minimum Gasteiger partial charge on any atom is -0.462 e. The number of rotatable bonds is 6. The molecule has 3 heterocycles. The average molecular weight is 409 g/mol. The number of fused-ring (bicyclic) bond motifs is 1. The lowest BCUT2D eigenvalue weighted by atomic mass is 10.0. The van der Waals surface area contributed by atoms with Gasteiger partial charge in [0.15, 0.2) is 0 Å². The standard InChI is InChI=1S/C23H28N4O3/c1-4-29-23(28)22-17(3)19-7-5-6-8-20(19)24-21(22)15-27-11-9-26(10-12-27)14-18-13-16(2)30-25-18/h5-8,13H,4,9-12,14-15H2,1-3H3. The van der Waals surface area contributed by atoms with E-state index in [9.17, 15) is 4.79 Å². The summed E-state index contributed by atoms with van der Waals surface area (Å²) in [5, 5.41) is 5.09. The van der Waals surface area contributed by atoms with Crippen molar-refractivity contribution in [3.05, 3.63) is 58.6 Å². The number of para-hydroxylation sites is 1. The molecule has 0 bridgehead atoms. The zero-order chi connectivity index (χ0) is 21.1. The molecule has 3 aromatic rings. The van der Waals surface area contributed by atoms with Crippen LogP contribution in [-0.2, 0) is 17.8 Å². The fraction of sp³-hybridized carbons (Fsp3) is 0.435. The Morgan fingerprint density at radius 1 is 1.10 bits per heavy atom. The van der Waals surface area contributed by atoms with Gasteiger partial charge in [-0.1, -0.05) is 23.4 Å². The molecule has 0 radical (unpaired) electrons. The molecule has 7 nitrogen and oxygen atoms in total. The summed E-state index contributed by atoms with van der Waals surface area (Å²) >= 11 is 0. The number of piperazine rings is 1. The maximum Gasteiger partial charge on any atom is 0.340 e. The summed E-state index contributed by atoms with van der Waals surface area (Å²) in [4.78, 5) is 22.3. The number of hydrogen-bond acceptors (Lipinski definition) is 7. The summed E-state index contributed by atoms with van der Waals surface area (Å²) in [5.41, 5.74) is 4.23. The van der Waals surface area contributed by atoms with Crippen molar-refractivity contribution in [3.63, 3.8) is 0 Å². The Hall–Kier alpha value is -2.77. The van der Waals surface area contributed by atoms with Crippen LogP contribution in [-0.4, -0.2) is 58.7 Å². The van der Waals surface area contributed by atoms with Crippen molar-refractivity contribution in [1.29, 1.82) is 0 Å². The Morgan fingerprint density at radius 2 is 1.80 bits per heavy atom. The third-order valence-corrected chi connectivity index (χ3v) is 5.61. The quantitative estimate of drug-likeness (QED) is 0.579. The van der Waals surface area contributed by atoms with Crippen molar-refractivity contribution in [2.24, 2.45) is 0 Å². The maximum absolute atomic E-state index is 12.7. The first-order chi connectivity index (χ1) is 14.5. The number of carbonyl (C=O) groups is 1. The van der Waals surface area contributed by atoms with Gasteiger partial charge in [0, 0.05) is 50.7 Å². The second-order valence-corrected chi connectivity index (χ2v) is 7.78. The highest BCUT2D eigenvalue weighted by molar-refractivity contribution is 5.98. The van der Waals surface area contributed by atoms with Crippen molar-refractivity contribution < 1.29 is 14.1 Å². The van der Waals surface area contributed by atoms with Gasteiger partial charge in [0.1, 0.15) is 5.76 Å². The normalized spacial score (nSPS) is 15.6. The van der Waals surface area contributed by atoms with E-state index in [2.05, 4.69) is 15.0 Å².